The molecule has 2 saturated heterocycles. The summed E-state index contributed by atoms with van der Waals surface area (Å²) in [6.45, 7) is 5.03. The van der Waals surface area contributed by atoms with Crippen LogP contribution in [-0.2, 0) is 25.0 Å². The summed E-state index contributed by atoms with van der Waals surface area (Å²) in [5, 5.41) is 1.72. The molecule has 0 bridgehead atoms. The van der Waals surface area contributed by atoms with Crippen molar-refractivity contribution in [3.63, 3.8) is 0 Å². The van der Waals surface area contributed by atoms with E-state index in [9.17, 15) is 16.8 Å². The van der Waals surface area contributed by atoms with Crippen molar-refractivity contribution in [2.75, 3.05) is 26.2 Å². The van der Waals surface area contributed by atoms with Gasteiger partial charge in [-0.2, -0.15) is 17.0 Å². The SMILES string of the molecule is C[C@H]1CN(S(=O)(=O)N2CCC(NS(=O)(=O)c3cccs3)CC2)C[C@H](C)O1. The van der Waals surface area contributed by atoms with Crippen LogP contribution in [0.2, 0.25) is 0 Å². The van der Waals surface area contributed by atoms with Crippen LogP contribution in [-0.4, -0.2) is 69.9 Å². The number of hydrogen-bond donors (Lipinski definition) is 1. The molecule has 1 aromatic rings. The Balaban J connectivity index is 1.59. The first-order chi connectivity index (χ1) is 12.2. The molecule has 2 fully saturated rings. The zero-order chi connectivity index (χ0) is 18.9. The van der Waals surface area contributed by atoms with Gasteiger partial charge in [0.2, 0.25) is 10.0 Å². The number of sulfonamides is 1. The minimum Gasteiger partial charge on any atom is -0.373 e. The number of rotatable bonds is 5. The second-order valence-corrected chi connectivity index (χ2v) is 11.6. The summed E-state index contributed by atoms with van der Waals surface area (Å²) in [5.74, 6) is 0. The standard InChI is InChI=1S/C15H25N3O5S3/c1-12-10-18(11-13(2)23-12)26(21,22)17-7-5-14(6-8-17)16-25(19,20)15-4-3-9-24-15/h3-4,9,12-14,16H,5-8,10-11H2,1-2H3/t12-,13-/m0/s1. The molecule has 3 heterocycles. The van der Waals surface area contributed by atoms with Gasteiger partial charge in [0.15, 0.2) is 0 Å². The van der Waals surface area contributed by atoms with E-state index in [0.29, 0.717) is 39.0 Å². The summed E-state index contributed by atoms with van der Waals surface area (Å²) in [5.41, 5.74) is 0. The van der Waals surface area contributed by atoms with Gasteiger partial charge in [-0.3, -0.25) is 0 Å². The van der Waals surface area contributed by atoms with Gasteiger partial charge in [-0.05, 0) is 38.1 Å². The second-order valence-electron chi connectivity index (χ2n) is 6.81. The first-order valence-corrected chi connectivity index (χ1v) is 12.4. The lowest BCUT2D eigenvalue weighted by atomic mass is 10.1. The quantitative estimate of drug-likeness (QED) is 0.757. The molecule has 2 atom stereocenters. The molecule has 0 unspecified atom stereocenters. The largest absolute Gasteiger partial charge is 0.373 e. The molecule has 8 nitrogen and oxygen atoms in total. The van der Waals surface area contributed by atoms with E-state index in [-0.39, 0.29) is 22.5 Å². The van der Waals surface area contributed by atoms with Crippen molar-refractivity contribution in [1.82, 2.24) is 13.3 Å². The summed E-state index contributed by atoms with van der Waals surface area (Å²) in [7, 11) is -7.08. The van der Waals surface area contributed by atoms with Crippen molar-refractivity contribution in [2.24, 2.45) is 0 Å². The lowest BCUT2D eigenvalue weighted by Crippen LogP contribution is -2.55. The molecule has 0 amide bonds. The molecule has 1 N–H and O–H groups in total. The molecule has 0 radical (unpaired) electrons. The molecule has 11 heteroatoms. The third-order valence-corrected chi connectivity index (χ3v) is 9.46. The van der Waals surface area contributed by atoms with Crippen LogP contribution in [0.15, 0.2) is 21.7 Å². The number of morpholine rings is 1. The molecule has 0 aliphatic carbocycles. The van der Waals surface area contributed by atoms with E-state index in [1.165, 1.54) is 19.9 Å². The molecule has 0 aromatic carbocycles. The summed E-state index contributed by atoms with van der Waals surface area (Å²) < 4.78 is 61.9. The molecule has 0 saturated carbocycles. The minimum absolute atomic E-state index is 0.135. The van der Waals surface area contributed by atoms with Crippen LogP contribution in [0.1, 0.15) is 26.7 Å². The van der Waals surface area contributed by atoms with E-state index in [0.717, 1.165) is 0 Å². The van der Waals surface area contributed by atoms with Crippen LogP contribution in [0, 0.1) is 0 Å². The third kappa shape index (κ3) is 4.46. The number of nitrogens with zero attached hydrogens (tertiary/aromatic N) is 2. The van der Waals surface area contributed by atoms with Gasteiger partial charge in [-0.25, -0.2) is 13.1 Å². The van der Waals surface area contributed by atoms with Crippen molar-refractivity contribution < 1.29 is 21.6 Å². The van der Waals surface area contributed by atoms with E-state index in [1.54, 1.807) is 17.5 Å². The number of nitrogens with one attached hydrogen (secondary N) is 1. The normalized spacial score (nSPS) is 27.6. The lowest BCUT2D eigenvalue weighted by molar-refractivity contribution is -0.0456. The van der Waals surface area contributed by atoms with Gasteiger partial charge in [0.25, 0.3) is 10.2 Å². The van der Waals surface area contributed by atoms with Gasteiger partial charge in [0.1, 0.15) is 4.21 Å². The van der Waals surface area contributed by atoms with Gasteiger partial charge in [-0.15, -0.1) is 11.3 Å². The van der Waals surface area contributed by atoms with Crippen LogP contribution in [0.25, 0.3) is 0 Å². The van der Waals surface area contributed by atoms with E-state index >= 15 is 0 Å². The maximum atomic E-state index is 12.9. The van der Waals surface area contributed by atoms with Crippen molar-refractivity contribution in [2.45, 2.75) is 49.1 Å². The van der Waals surface area contributed by atoms with E-state index in [2.05, 4.69) is 4.72 Å². The maximum absolute atomic E-state index is 12.9. The maximum Gasteiger partial charge on any atom is 0.282 e. The molecule has 26 heavy (non-hydrogen) atoms. The Hall–Kier alpha value is -0.560. The Morgan fingerprint density at radius 3 is 2.23 bits per heavy atom. The van der Waals surface area contributed by atoms with Crippen molar-refractivity contribution in [3.05, 3.63) is 17.5 Å². The topological polar surface area (TPSA) is 96.0 Å². The van der Waals surface area contributed by atoms with E-state index in [1.807, 2.05) is 13.8 Å². The predicted octanol–water partition coefficient (Wildman–Crippen LogP) is 0.845. The van der Waals surface area contributed by atoms with Crippen molar-refractivity contribution in [1.29, 1.82) is 0 Å². The van der Waals surface area contributed by atoms with Gasteiger partial charge >= 0.3 is 0 Å². The monoisotopic (exact) mass is 423 g/mol. The Kier molecular flexibility index (Phi) is 6.07. The highest BCUT2D eigenvalue weighted by Gasteiger charge is 2.37. The number of ether oxygens (including phenoxy) is 1. The predicted molar refractivity (Wildman–Crippen MR) is 99.7 cm³/mol. The molecular formula is C15H25N3O5S3. The Morgan fingerprint density at radius 1 is 1.08 bits per heavy atom. The van der Waals surface area contributed by atoms with Crippen molar-refractivity contribution >= 4 is 31.6 Å². The average molecular weight is 424 g/mol. The highest BCUT2D eigenvalue weighted by atomic mass is 32.2. The molecule has 2 aliphatic heterocycles. The van der Waals surface area contributed by atoms with Crippen LogP contribution >= 0.6 is 11.3 Å². The van der Waals surface area contributed by atoms with E-state index < -0.39 is 20.2 Å². The van der Waals surface area contributed by atoms with Crippen LogP contribution < -0.4 is 4.72 Å². The summed E-state index contributed by atoms with van der Waals surface area (Å²) >= 11 is 1.17. The second kappa shape index (κ2) is 7.82. The average Bonchev–Trinajstić information content (AvgIpc) is 3.09. The molecule has 2 aliphatic rings. The van der Waals surface area contributed by atoms with Crippen LogP contribution in [0.4, 0.5) is 0 Å². The minimum atomic E-state index is -3.55. The number of piperidine rings is 1. The summed E-state index contributed by atoms with van der Waals surface area (Å²) in [4.78, 5) is 0. The lowest BCUT2D eigenvalue weighted by Gasteiger charge is -2.39. The van der Waals surface area contributed by atoms with Gasteiger partial charge in [-0.1, -0.05) is 6.07 Å². The smallest absolute Gasteiger partial charge is 0.282 e. The fourth-order valence-corrected chi connectivity index (χ4v) is 7.49. The Bertz CT molecular complexity index is 792. The fourth-order valence-electron chi connectivity index (χ4n) is 3.38. The first kappa shape index (κ1) is 20.2. The van der Waals surface area contributed by atoms with E-state index in [4.69, 9.17) is 4.74 Å². The van der Waals surface area contributed by atoms with Crippen LogP contribution in [0.3, 0.4) is 0 Å². The Morgan fingerprint density at radius 2 is 1.69 bits per heavy atom. The fraction of sp³-hybridized carbons (Fsp3) is 0.733. The number of thiophene rings is 1. The molecular weight excluding hydrogens is 398 g/mol. The zero-order valence-electron chi connectivity index (χ0n) is 14.9. The number of hydrogen-bond acceptors (Lipinski definition) is 6. The Labute approximate surface area is 159 Å². The summed E-state index contributed by atoms with van der Waals surface area (Å²) in [6, 6.07) is 3.00. The van der Waals surface area contributed by atoms with Gasteiger partial charge in [0, 0.05) is 32.2 Å². The van der Waals surface area contributed by atoms with Gasteiger partial charge in [0.05, 0.1) is 12.2 Å². The molecule has 3 rings (SSSR count). The highest BCUT2D eigenvalue weighted by molar-refractivity contribution is 7.91. The van der Waals surface area contributed by atoms with Gasteiger partial charge < -0.3 is 4.74 Å². The molecule has 0 spiro atoms. The molecule has 1 aromatic heterocycles. The van der Waals surface area contributed by atoms with Crippen LogP contribution in [0.5, 0.6) is 0 Å². The third-order valence-electron chi connectivity index (χ3n) is 4.57. The first-order valence-electron chi connectivity index (χ1n) is 8.65. The zero-order valence-corrected chi connectivity index (χ0v) is 17.3. The summed E-state index contributed by atoms with van der Waals surface area (Å²) in [6.07, 6.45) is 0.644. The van der Waals surface area contributed by atoms with Crippen molar-refractivity contribution in [3.8, 4) is 0 Å². The highest BCUT2D eigenvalue weighted by Crippen LogP contribution is 2.23. The molecule has 148 valence electrons.